The van der Waals surface area contributed by atoms with E-state index in [0.29, 0.717) is 0 Å². The Morgan fingerprint density at radius 2 is 1.08 bits per heavy atom. The Kier molecular flexibility index (Phi) is 7.85. The van der Waals surface area contributed by atoms with Crippen molar-refractivity contribution in [2.45, 2.75) is 77.2 Å². The van der Waals surface area contributed by atoms with Gasteiger partial charge in [-0.2, -0.15) is 0 Å². The molecule has 0 N–H and O–H groups in total. The van der Waals surface area contributed by atoms with Gasteiger partial charge in [0.05, 0.1) is 0 Å². The Balaban J connectivity index is 1.79. The molecular weight excluding hydrogens is 468 g/mol. The first kappa shape index (κ1) is 25.5. The number of rotatable bonds is 9. The first-order valence-corrected chi connectivity index (χ1v) is 18.3. The van der Waals surface area contributed by atoms with Gasteiger partial charge in [0.1, 0.15) is 0 Å². The van der Waals surface area contributed by atoms with Crippen LogP contribution >= 0.6 is 0 Å². The van der Waals surface area contributed by atoms with Gasteiger partial charge in [0.15, 0.2) is 0 Å². The van der Waals surface area contributed by atoms with Crippen molar-refractivity contribution < 1.29 is 16.6 Å². The van der Waals surface area contributed by atoms with Crippen molar-refractivity contribution in [3.8, 4) is 0 Å². The molecular formula is C35H42Ti. The Morgan fingerprint density at radius 3 is 1.50 bits per heavy atom. The minimum absolute atomic E-state index is 0.288. The maximum absolute atomic E-state index is 2.84. The third kappa shape index (κ3) is 4.53. The zero-order valence-electron chi connectivity index (χ0n) is 22.5. The van der Waals surface area contributed by atoms with Crippen LogP contribution in [0, 0.1) is 0 Å². The van der Waals surface area contributed by atoms with E-state index in [1.807, 2.05) is 11.1 Å². The zero-order valence-corrected chi connectivity index (χ0v) is 24.1. The van der Waals surface area contributed by atoms with Gasteiger partial charge in [-0.3, -0.25) is 0 Å². The molecule has 2 aliphatic carbocycles. The molecule has 1 unspecified atom stereocenters. The van der Waals surface area contributed by atoms with E-state index < -0.39 is 16.6 Å². The molecule has 0 saturated heterocycles. The van der Waals surface area contributed by atoms with Crippen LogP contribution in [0.15, 0.2) is 113 Å². The summed E-state index contributed by atoms with van der Waals surface area (Å²) in [7, 11) is 0. The third-order valence-electron chi connectivity index (χ3n) is 9.35. The second-order valence-corrected chi connectivity index (χ2v) is 18.1. The summed E-state index contributed by atoms with van der Waals surface area (Å²) in [5.74, 6) is 0. The van der Waals surface area contributed by atoms with Gasteiger partial charge in [-0.05, 0) is 0 Å². The van der Waals surface area contributed by atoms with Gasteiger partial charge in [0.25, 0.3) is 0 Å². The van der Waals surface area contributed by atoms with E-state index in [2.05, 4.69) is 112 Å². The molecule has 1 atom stereocenters. The summed E-state index contributed by atoms with van der Waals surface area (Å²) < 4.78 is 4.14. The fourth-order valence-corrected chi connectivity index (χ4v) is 19.0. The maximum atomic E-state index is 2.54. The normalized spacial score (nSPS) is 20.1. The van der Waals surface area contributed by atoms with Crippen molar-refractivity contribution in [3.63, 3.8) is 0 Å². The van der Waals surface area contributed by atoms with Crippen LogP contribution in [-0.2, 0) is 30.8 Å². The van der Waals surface area contributed by atoms with Gasteiger partial charge in [-0.25, -0.2) is 0 Å². The van der Waals surface area contributed by atoms with Gasteiger partial charge in [-0.1, -0.05) is 0 Å². The summed E-state index contributed by atoms with van der Waals surface area (Å²) in [5.41, 5.74) is 11.8. The van der Waals surface area contributed by atoms with Crippen LogP contribution in [0.2, 0.25) is 3.72 Å². The summed E-state index contributed by atoms with van der Waals surface area (Å²) >= 11 is -2.84. The topological polar surface area (TPSA) is 0 Å². The van der Waals surface area contributed by atoms with Gasteiger partial charge in [-0.15, -0.1) is 0 Å². The van der Waals surface area contributed by atoms with Crippen LogP contribution in [0.3, 0.4) is 0 Å². The van der Waals surface area contributed by atoms with Crippen molar-refractivity contribution in [1.29, 1.82) is 0 Å². The predicted octanol–water partition coefficient (Wildman–Crippen LogP) is 9.92. The number of hydrogen-bond acceptors (Lipinski definition) is 0. The molecule has 3 aromatic carbocycles. The van der Waals surface area contributed by atoms with Crippen molar-refractivity contribution in [2.75, 3.05) is 0 Å². The van der Waals surface area contributed by atoms with Crippen LogP contribution in [-0.4, -0.2) is 0 Å². The molecule has 0 nitrogen and oxygen atoms in total. The molecule has 0 spiro atoms. The monoisotopic (exact) mass is 510 g/mol. The Hall–Kier alpha value is -2.15. The van der Waals surface area contributed by atoms with Crippen LogP contribution in [0.5, 0.6) is 0 Å². The second-order valence-electron chi connectivity index (χ2n) is 11.1. The van der Waals surface area contributed by atoms with Crippen LogP contribution in [0.4, 0.5) is 0 Å². The van der Waals surface area contributed by atoms with Crippen LogP contribution in [0.1, 0.15) is 76.0 Å². The quantitative estimate of drug-likeness (QED) is 0.251. The van der Waals surface area contributed by atoms with Crippen molar-refractivity contribution in [3.05, 3.63) is 130 Å². The summed E-state index contributed by atoms with van der Waals surface area (Å²) in [5, 5.41) is 0. The van der Waals surface area contributed by atoms with Gasteiger partial charge in [0.2, 0.25) is 0 Å². The molecule has 3 aromatic rings. The van der Waals surface area contributed by atoms with E-state index in [0.717, 1.165) is 0 Å². The van der Waals surface area contributed by atoms with Gasteiger partial charge in [0, 0.05) is 0 Å². The fraction of sp³-hybridized carbons (Fsp3) is 0.371. The molecule has 186 valence electrons. The molecule has 0 radical (unpaired) electrons. The Bertz CT molecular complexity index is 1120. The molecule has 0 bridgehead atoms. The molecule has 0 amide bonds. The molecule has 0 heterocycles. The second kappa shape index (κ2) is 11.1. The Labute approximate surface area is 222 Å². The Morgan fingerprint density at radius 1 is 0.639 bits per heavy atom. The molecule has 0 fully saturated rings. The average Bonchev–Trinajstić information content (AvgIpc) is 3.18. The average molecular weight is 511 g/mol. The minimum atomic E-state index is -2.84. The fourth-order valence-electron chi connectivity index (χ4n) is 8.08. The van der Waals surface area contributed by atoms with E-state index >= 15 is 0 Å². The standard InChI is InChI=1S/C14H21.3C7H7.Ti/c1-4-11-10(3)13-8-6-7-9-14(13)12(11)5-2;3*1-7-5-3-2-4-6-7;/h4-9H2,1-3H3;3*2-6H,1H2;. The summed E-state index contributed by atoms with van der Waals surface area (Å²) in [6.45, 7) is 7.47. The summed E-state index contributed by atoms with van der Waals surface area (Å²) in [6, 6.07) is 34.5. The molecule has 2 aliphatic rings. The molecule has 5 rings (SSSR count). The first-order valence-electron chi connectivity index (χ1n) is 14.2. The molecule has 0 aliphatic heterocycles. The summed E-state index contributed by atoms with van der Waals surface area (Å²) in [4.78, 5) is 0. The van der Waals surface area contributed by atoms with Crippen molar-refractivity contribution in [1.82, 2.24) is 0 Å². The SMILES string of the molecule is CCC1=C(C)C2=C(CCCC2)[C]1(CC)[Ti]([CH2]c1ccccc1)([CH2]c1ccccc1)[CH2]c1ccccc1. The third-order valence-corrected chi connectivity index (χ3v) is 18.8. The van der Waals surface area contributed by atoms with E-state index in [4.69, 9.17) is 0 Å². The van der Waals surface area contributed by atoms with Gasteiger partial charge < -0.3 is 0 Å². The van der Waals surface area contributed by atoms with Crippen LogP contribution < -0.4 is 0 Å². The van der Waals surface area contributed by atoms with E-state index in [1.54, 1.807) is 27.8 Å². The number of benzene rings is 3. The predicted molar refractivity (Wildman–Crippen MR) is 152 cm³/mol. The number of hydrogen-bond donors (Lipinski definition) is 0. The van der Waals surface area contributed by atoms with Crippen LogP contribution in [0.25, 0.3) is 0 Å². The van der Waals surface area contributed by atoms with Crippen molar-refractivity contribution in [2.24, 2.45) is 0 Å². The number of allylic oxidation sites excluding steroid dienone is 4. The molecule has 1 heteroatoms. The summed E-state index contributed by atoms with van der Waals surface area (Å²) in [6.07, 6.45) is 7.80. The van der Waals surface area contributed by atoms with Gasteiger partial charge >= 0.3 is 224 Å². The first-order chi connectivity index (χ1) is 17.6. The molecule has 36 heavy (non-hydrogen) atoms. The molecule has 0 aromatic heterocycles. The van der Waals surface area contributed by atoms with E-state index in [-0.39, 0.29) is 3.72 Å². The molecule has 0 saturated carbocycles. The van der Waals surface area contributed by atoms with Crippen molar-refractivity contribution >= 4 is 0 Å². The zero-order chi connectivity index (χ0) is 25.0. The van der Waals surface area contributed by atoms with E-state index in [9.17, 15) is 0 Å². The van der Waals surface area contributed by atoms with E-state index in [1.165, 1.54) is 52.7 Å².